The van der Waals surface area contributed by atoms with E-state index in [0.717, 1.165) is 112 Å². The first-order valence-corrected chi connectivity index (χ1v) is 17.5. The van der Waals surface area contributed by atoms with Crippen molar-refractivity contribution in [1.82, 2.24) is 0 Å². The molecule has 8 fully saturated rings. The van der Waals surface area contributed by atoms with Gasteiger partial charge < -0.3 is 5.11 Å². The van der Waals surface area contributed by atoms with Crippen LogP contribution in [0.15, 0.2) is 0 Å². The highest BCUT2D eigenvalue weighted by atomic mass is 16.3. The second-order valence-electron chi connectivity index (χ2n) is 16.5. The molecule has 0 heterocycles. The van der Waals surface area contributed by atoms with Gasteiger partial charge in [0.15, 0.2) is 0 Å². The van der Waals surface area contributed by atoms with Crippen LogP contribution in [-0.2, 0) is 14.4 Å². The largest absolute Gasteiger partial charge is 0.393 e. The third-order valence-corrected chi connectivity index (χ3v) is 15.1. The molecular formula is C37H58O4. The zero-order valence-corrected chi connectivity index (χ0v) is 25.3. The Hall–Kier alpha value is -1.03. The second-order valence-corrected chi connectivity index (χ2v) is 16.5. The molecule has 1 N–H and O–H groups in total. The summed E-state index contributed by atoms with van der Waals surface area (Å²) in [5, 5.41) is 9.93. The van der Waals surface area contributed by atoms with E-state index in [1.54, 1.807) is 0 Å². The topological polar surface area (TPSA) is 71.4 Å². The molecule has 0 aromatic carbocycles. The Kier molecular flexibility index (Phi) is 8.17. The van der Waals surface area contributed by atoms with Crippen LogP contribution in [0, 0.1) is 70.0 Å². The van der Waals surface area contributed by atoms with E-state index in [9.17, 15) is 19.5 Å². The van der Waals surface area contributed by atoms with Crippen molar-refractivity contribution in [2.24, 2.45) is 70.0 Å². The van der Waals surface area contributed by atoms with Crippen LogP contribution in [0.3, 0.4) is 0 Å². The third-order valence-electron chi connectivity index (χ3n) is 15.1. The molecule has 0 spiro atoms. The highest BCUT2D eigenvalue weighted by molar-refractivity contribution is 5.87. The number of hydrogen-bond acceptors (Lipinski definition) is 4. The highest BCUT2D eigenvalue weighted by Gasteiger charge is 2.58. The first-order chi connectivity index (χ1) is 19.2. The molecule has 0 aromatic rings. The lowest BCUT2D eigenvalue weighted by atomic mass is 9.50. The molecule has 0 bridgehead atoms. The van der Waals surface area contributed by atoms with Gasteiger partial charge in [0.05, 0.1) is 6.10 Å². The predicted octanol–water partition coefficient (Wildman–Crippen LogP) is 7.98. The van der Waals surface area contributed by atoms with Crippen LogP contribution in [-0.4, -0.2) is 28.6 Å². The van der Waals surface area contributed by atoms with E-state index < -0.39 is 0 Å². The van der Waals surface area contributed by atoms with Crippen molar-refractivity contribution < 1.29 is 19.5 Å². The van der Waals surface area contributed by atoms with Crippen LogP contribution in [0.1, 0.15) is 137 Å². The van der Waals surface area contributed by atoms with Crippen LogP contribution >= 0.6 is 0 Å². The maximum absolute atomic E-state index is 12.3. The fourth-order valence-electron chi connectivity index (χ4n) is 13.0. The Balaban J connectivity index is 0.000000144. The lowest BCUT2D eigenvalue weighted by molar-refractivity contribution is -0.135. The lowest BCUT2D eigenvalue weighted by Crippen LogP contribution is -2.49. The molecule has 4 heteroatoms. The summed E-state index contributed by atoms with van der Waals surface area (Å²) in [5.41, 5.74) is 0.0423. The fraction of sp³-hybridized carbons (Fsp3) is 0.919. The van der Waals surface area contributed by atoms with E-state index in [1.165, 1.54) is 44.9 Å². The van der Waals surface area contributed by atoms with Gasteiger partial charge in [-0.15, -0.1) is 0 Å². The van der Waals surface area contributed by atoms with E-state index >= 15 is 0 Å². The number of Topliss-reactive ketones (excluding diaryl/α,β-unsaturated/α-hetero) is 3. The molecule has 0 saturated heterocycles. The summed E-state index contributed by atoms with van der Waals surface area (Å²) in [6.07, 6.45) is 20.0. The minimum absolute atomic E-state index is 0. The van der Waals surface area contributed by atoms with Crippen LogP contribution in [0.2, 0.25) is 0 Å². The number of carbonyl (C=O) groups is 3. The fourth-order valence-corrected chi connectivity index (χ4v) is 13.0. The maximum Gasteiger partial charge on any atom is 0.139 e. The summed E-state index contributed by atoms with van der Waals surface area (Å²) in [5.74, 6) is 9.35. The number of ketones is 3. The minimum atomic E-state index is -0.0327. The lowest BCUT2D eigenvalue weighted by Gasteiger charge is -2.54. The van der Waals surface area contributed by atoms with E-state index in [-0.39, 0.29) is 24.4 Å². The summed E-state index contributed by atoms with van der Waals surface area (Å²) in [7, 11) is 0. The second kappa shape index (κ2) is 11.2. The Labute approximate surface area is 249 Å². The number of aliphatic hydroxyl groups excluding tert-OH is 1. The standard InChI is InChI=1S/C18H28O2.C18H26O2.CH4/c2*1-18-9-8-14-13-5-3-12(19)10-11(13)2-4-15(14)16(18)6-7-17(18)20;/h11-16,19H,2-10H2,1H3;11,13-16H,2-10H2,1H3;1H4/t11-,12+,13+,14-,15-,16+,18+;11-,13+,14-,15-,16+,18+;/m11./s1. The SMILES string of the molecule is C.C[C@]12CC[C@H]3[C@@H](CC[C@@H]4CC(=O)CC[C@@H]43)[C@@H]1CCC2=O.C[C@]12CC[C@H]3[C@@H](CC[C@@H]4C[C@@H](O)CC[C@@H]43)[C@@H]1CCC2=O. The van der Waals surface area contributed by atoms with Gasteiger partial charge in [0.25, 0.3) is 0 Å². The molecule has 8 aliphatic rings. The van der Waals surface area contributed by atoms with Gasteiger partial charge in [-0.3, -0.25) is 14.4 Å². The summed E-state index contributed by atoms with van der Waals surface area (Å²) in [4.78, 5) is 36.3. The molecule has 0 amide bonds. The monoisotopic (exact) mass is 566 g/mol. The molecule has 8 rings (SSSR count). The van der Waals surface area contributed by atoms with Gasteiger partial charge in [-0.1, -0.05) is 21.3 Å². The van der Waals surface area contributed by atoms with Crippen molar-refractivity contribution in [2.45, 2.75) is 143 Å². The molecule has 0 aliphatic heterocycles. The number of aliphatic hydroxyl groups is 1. The number of fused-ring (bicyclic) bond motifs is 10. The highest BCUT2D eigenvalue weighted by Crippen LogP contribution is 2.62. The van der Waals surface area contributed by atoms with Gasteiger partial charge in [-0.2, -0.15) is 0 Å². The molecule has 230 valence electrons. The summed E-state index contributed by atoms with van der Waals surface area (Å²) >= 11 is 0. The first-order valence-electron chi connectivity index (χ1n) is 17.5. The minimum Gasteiger partial charge on any atom is -0.393 e. The molecule has 8 aliphatic carbocycles. The smallest absolute Gasteiger partial charge is 0.139 e. The summed E-state index contributed by atoms with van der Waals surface area (Å²) in [6.45, 7) is 4.51. The predicted molar refractivity (Wildman–Crippen MR) is 162 cm³/mol. The number of hydrogen-bond donors (Lipinski definition) is 1. The first kappa shape index (κ1) is 30.0. The average molecular weight is 567 g/mol. The van der Waals surface area contributed by atoms with Gasteiger partial charge >= 0.3 is 0 Å². The van der Waals surface area contributed by atoms with Gasteiger partial charge in [-0.05, 0) is 149 Å². The van der Waals surface area contributed by atoms with Crippen molar-refractivity contribution in [3.8, 4) is 0 Å². The molecule has 4 nitrogen and oxygen atoms in total. The molecule has 0 radical (unpaired) electrons. The Morgan fingerprint density at radius 2 is 1.07 bits per heavy atom. The number of rotatable bonds is 0. The van der Waals surface area contributed by atoms with E-state index in [0.29, 0.717) is 35.1 Å². The molecule has 13 atom stereocenters. The van der Waals surface area contributed by atoms with Gasteiger partial charge in [0.2, 0.25) is 0 Å². The third kappa shape index (κ3) is 4.83. The molecule has 8 saturated carbocycles. The molecule has 41 heavy (non-hydrogen) atoms. The normalized spacial score (nSPS) is 51.9. The van der Waals surface area contributed by atoms with Crippen molar-refractivity contribution in [1.29, 1.82) is 0 Å². The van der Waals surface area contributed by atoms with E-state index in [1.807, 2.05) is 0 Å². The van der Waals surface area contributed by atoms with Gasteiger partial charge in [0.1, 0.15) is 17.3 Å². The summed E-state index contributed by atoms with van der Waals surface area (Å²) in [6, 6.07) is 0. The van der Waals surface area contributed by atoms with E-state index in [4.69, 9.17) is 0 Å². The van der Waals surface area contributed by atoms with Crippen LogP contribution in [0.4, 0.5) is 0 Å². The Morgan fingerprint density at radius 3 is 1.66 bits per heavy atom. The van der Waals surface area contributed by atoms with Gasteiger partial charge in [-0.25, -0.2) is 0 Å². The van der Waals surface area contributed by atoms with Crippen molar-refractivity contribution in [2.75, 3.05) is 0 Å². The average Bonchev–Trinajstić information content (AvgIpc) is 3.43. The molecular weight excluding hydrogens is 508 g/mol. The molecule has 0 aromatic heterocycles. The van der Waals surface area contributed by atoms with Crippen molar-refractivity contribution in [3.63, 3.8) is 0 Å². The van der Waals surface area contributed by atoms with Crippen LogP contribution in [0.25, 0.3) is 0 Å². The quantitative estimate of drug-likeness (QED) is 0.323. The molecule has 0 unspecified atom stereocenters. The number of carbonyl (C=O) groups excluding carboxylic acids is 3. The maximum atomic E-state index is 12.3. The van der Waals surface area contributed by atoms with Crippen molar-refractivity contribution >= 4 is 17.3 Å². The Morgan fingerprint density at radius 1 is 0.561 bits per heavy atom. The van der Waals surface area contributed by atoms with Gasteiger partial charge in [0, 0.05) is 36.5 Å². The zero-order valence-electron chi connectivity index (χ0n) is 25.3. The van der Waals surface area contributed by atoms with Crippen LogP contribution < -0.4 is 0 Å². The van der Waals surface area contributed by atoms with Crippen molar-refractivity contribution in [3.05, 3.63) is 0 Å². The van der Waals surface area contributed by atoms with Crippen LogP contribution in [0.5, 0.6) is 0 Å². The van der Waals surface area contributed by atoms with E-state index in [2.05, 4.69) is 13.8 Å². The zero-order chi connectivity index (χ0) is 27.8. The summed E-state index contributed by atoms with van der Waals surface area (Å²) < 4.78 is 0. The Bertz CT molecular complexity index is 1030.